The molecule has 0 spiro atoms. The summed E-state index contributed by atoms with van der Waals surface area (Å²) in [6, 6.07) is 0. The van der Waals surface area contributed by atoms with E-state index in [0.717, 1.165) is 12.8 Å². The summed E-state index contributed by atoms with van der Waals surface area (Å²) < 4.78 is 0. The topological polar surface area (TPSA) is 40.5 Å². The molecule has 0 radical (unpaired) electrons. The average Bonchev–Trinajstić information content (AvgIpc) is 2.60. The van der Waals surface area contributed by atoms with E-state index in [4.69, 9.17) is 10.2 Å². The first kappa shape index (κ1) is 7.32. The van der Waals surface area contributed by atoms with Crippen LogP contribution in [-0.2, 0) is 0 Å². The van der Waals surface area contributed by atoms with Gasteiger partial charge < -0.3 is 10.2 Å². The maximum atomic E-state index is 9.05. The van der Waals surface area contributed by atoms with Crippen LogP contribution in [0.2, 0.25) is 0 Å². The Morgan fingerprint density at radius 3 is 2.73 bits per heavy atom. The Kier molecular flexibility index (Phi) is 1.74. The third-order valence-corrected chi connectivity index (χ3v) is 3.19. The molecule has 3 unspecified atom stereocenters. The molecular weight excluding hydrogens is 140 g/mol. The third kappa shape index (κ3) is 0.932. The second-order valence-electron chi connectivity index (χ2n) is 3.61. The van der Waals surface area contributed by atoms with Gasteiger partial charge in [0, 0.05) is 19.1 Å². The van der Waals surface area contributed by atoms with Gasteiger partial charge in [-0.05, 0) is 24.7 Å². The lowest BCUT2D eigenvalue weighted by atomic mass is 9.85. The summed E-state index contributed by atoms with van der Waals surface area (Å²) in [6.45, 7) is 0.459. The highest BCUT2D eigenvalue weighted by Gasteiger charge is 2.41. The van der Waals surface area contributed by atoms with Crippen molar-refractivity contribution in [3.63, 3.8) is 0 Å². The molecule has 2 aliphatic carbocycles. The van der Waals surface area contributed by atoms with Crippen molar-refractivity contribution in [3.05, 3.63) is 11.6 Å². The fraction of sp³-hybridized carbons (Fsp3) is 0.778. The van der Waals surface area contributed by atoms with Gasteiger partial charge in [0.15, 0.2) is 0 Å². The van der Waals surface area contributed by atoms with Crippen molar-refractivity contribution in [2.75, 3.05) is 13.2 Å². The molecule has 0 saturated heterocycles. The highest BCUT2D eigenvalue weighted by Crippen LogP contribution is 2.47. The first-order valence-electron chi connectivity index (χ1n) is 4.27. The Labute approximate surface area is 66.5 Å². The number of aliphatic hydroxyl groups is 2. The van der Waals surface area contributed by atoms with Crippen LogP contribution >= 0.6 is 0 Å². The second kappa shape index (κ2) is 2.61. The zero-order chi connectivity index (χ0) is 7.84. The van der Waals surface area contributed by atoms with Crippen LogP contribution in [0.5, 0.6) is 0 Å². The Hall–Kier alpha value is -0.340. The highest BCUT2D eigenvalue weighted by atomic mass is 16.3. The summed E-state index contributed by atoms with van der Waals surface area (Å²) in [5, 5.41) is 18.1. The molecule has 2 rings (SSSR count). The molecule has 2 N–H and O–H groups in total. The molecule has 3 atom stereocenters. The van der Waals surface area contributed by atoms with Crippen LogP contribution in [-0.4, -0.2) is 23.4 Å². The predicted molar refractivity (Wildman–Crippen MR) is 42.0 cm³/mol. The van der Waals surface area contributed by atoms with Gasteiger partial charge in [-0.25, -0.2) is 0 Å². The molecule has 1 saturated carbocycles. The molecule has 1 fully saturated rings. The van der Waals surface area contributed by atoms with Gasteiger partial charge in [-0.15, -0.1) is 0 Å². The molecule has 11 heavy (non-hydrogen) atoms. The lowest BCUT2D eigenvalue weighted by Gasteiger charge is -2.23. The maximum absolute atomic E-state index is 9.05. The van der Waals surface area contributed by atoms with Crippen LogP contribution in [0, 0.1) is 17.8 Å². The highest BCUT2D eigenvalue weighted by molar-refractivity contribution is 5.22. The molecule has 0 amide bonds. The Morgan fingerprint density at radius 2 is 2.18 bits per heavy atom. The van der Waals surface area contributed by atoms with E-state index in [-0.39, 0.29) is 19.1 Å². The molecular formula is C9H14O2. The zero-order valence-electron chi connectivity index (χ0n) is 6.53. The van der Waals surface area contributed by atoms with Crippen LogP contribution in [0.4, 0.5) is 0 Å². The molecule has 2 bridgehead atoms. The summed E-state index contributed by atoms with van der Waals surface area (Å²) in [7, 11) is 0. The van der Waals surface area contributed by atoms with Gasteiger partial charge in [-0.2, -0.15) is 0 Å². The van der Waals surface area contributed by atoms with Crippen LogP contribution in [0.3, 0.4) is 0 Å². The van der Waals surface area contributed by atoms with Gasteiger partial charge in [-0.3, -0.25) is 0 Å². The predicted octanol–water partition coefficient (Wildman–Crippen LogP) is 0.553. The molecule has 0 aromatic carbocycles. The van der Waals surface area contributed by atoms with Crippen LogP contribution in [0.1, 0.15) is 12.8 Å². The molecule has 0 heterocycles. The second-order valence-corrected chi connectivity index (χ2v) is 3.61. The van der Waals surface area contributed by atoms with Crippen molar-refractivity contribution in [1.29, 1.82) is 0 Å². The number of rotatable bonds is 2. The van der Waals surface area contributed by atoms with Crippen molar-refractivity contribution < 1.29 is 10.2 Å². The molecule has 0 aromatic heterocycles. The fourth-order valence-corrected chi connectivity index (χ4v) is 2.53. The van der Waals surface area contributed by atoms with Gasteiger partial charge in [0.2, 0.25) is 0 Å². The lowest BCUT2D eigenvalue weighted by Crippen LogP contribution is -2.23. The number of hydrogen-bond acceptors (Lipinski definition) is 2. The standard InChI is InChI=1S/C9H14O2/c10-4-8-6-1-2-7(3-6)9(8)5-11/h1,7-11H,2-5H2. The van der Waals surface area contributed by atoms with Gasteiger partial charge >= 0.3 is 0 Å². The monoisotopic (exact) mass is 154 g/mol. The summed E-state index contributed by atoms with van der Waals surface area (Å²) in [6.07, 6.45) is 4.48. The Balaban J connectivity index is 2.17. The van der Waals surface area contributed by atoms with Gasteiger partial charge in [-0.1, -0.05) is 11.6 Å². The quantitative estimate of drug-likeness (QED) is 0.570. The van der Waals surface area contributed by atoms with Crippen molar-refractivity contribution in [2.24, 2.45) is 17.8 Å². The summed E-state index contributed by atoms with van der Waals surface area (Å²) in [5.74, 6) is 1.26. The SMILES string of the molecule is OCC1C2=CCC(C2)C1CO. The molecule has 2 nitrogen and oxygen atoms in total. The first-order chi connectivity index (χ1) is 5.36. The van der Waals surface area contributed by atoms with E-state index in [9.17, 15) is 0 Å². The van der Waals surface area contributed by atoms with Crippen LogP contribution < -0.4 is 0 Å². The van der Waals surface area contributed by atoms with Crippen molar-refractivity contribution in [1.82, 2.24) is 0 Å². The smallest absolute Gasteiger partial charge is 0.0500 e. The van der Waals surface area contributed by atoms with Crippen molar-refractivity contribution in [3.8, 4) is 0 Å². The summed E-state index contributed by atoms with van der Waals surface area (Å²) >= 11 is 0. The summed E-state index contributed by atoms with van der Waals surface area (Å²) in [5.41, 5.74) is 1.39. The van der Waals surface area contributed by atoms with Crippen LogP contribution in [0.25, 0.3) is 0 Å². The number of aliphatic hydroxyl groups excluding tert-OH is 2. The van der Waals surface area contributed by atoms with Crippen molar-refractivity contribution in [2.45, 2.75) is 12.8 Å². The number of hydrogen-bond donors (Lipinski definition) is 2. The third-order valence-electron chi connectivity index (χ3n) is 3.19. The number of allylic oxidation sites excluding steroid dienone is 1. The molecule has 2 aliphatic rings. The van der Waals surface area contributed by atoms with E-state index in [2.05, 4.69) is 6.08 Å². The van der Waals surface area contributed by atoms with E-state index in [0.29, 0.717) is 11.8 Å². The van der Waals surface area contributed by atoms with E-state index >= 15 is 0 Å². The fourth-order valence-electron chi connectivity index (χ4n) is 2.53. The van der Waals surface area contributed by atoms with Gasteiger partial charge in [0.25, 0.3) is 0 Å². The molecule has 2 heteroatoms. The molecule has 0 aliphatic heterocycles. The molecule has 62 valence electrons. The van der Waals surface area contributed by atoms with Gasteiger partial charge in [0.1, 0.15) is 0 Å². The van der Waals surface area contributed by atoms with E-state index in [1.807, 2.05) is 0 Å². The first-order valence-corrected chi connectivity index (χ1v) is 4.27. The van der Waals surface area contributed by atoms with E-state index in [1.54, 1.807) is 0 Å². The molecule has 0 aromatic rings. The lowest BCUT2D eigenvalue weighted by molar-refractivity contribution is 0.123. The van der Waals surface area contributed by atoms with Crippen LogP contribution in [0.15, 0.2) is 11.6 Å². The minimum Gasteiger partial charge on any atom is -0.396 e. The number of fused-ring (bicyclic) bond motifs is 2. The normalized spacial score (nSPS) is 41.3. The Morgan fingerprint density at radius 1 is 1.36 bits per heavy atom. The van der Waals surface area contributed by atoms with Crippen molar-refractivity contribution >= 4 is 0 Å². The average molecular weight is 154 g/mol. The minimum absolute atomic E-state index is 0.216. The minimum atomic E-state index is 0.216. The van der Waals surface area contributed by atoms with Gasteiger partial charge in [0.05, 0.1) is 0 Å². The van der Waals surface area contributed by atoms with E-state index < -0.39 is 0 Å². The maximum Gasteiger partial charge on any atom is 0.0500 e. The van der Waals surface area contributed by atoms with E-state index in [1.165, 1.54) is 5.57 Å². The summed E-state index contributed by atoms with van der Waals surface area (Å²) in [4.78, 5) is 0. The Bertz CT molecular complexity index is 186. The largest absolute Gasteiger partial charge is 0.396 e. The zero-order valence-corrected chi connectivity index (χ0v) is 6.53.